The third kappa shape index (κ3) is 3.00. The number of halogens is 2. The molecule has 2 aromatic rings. The summed E-state index contributed by atoms with van der Waals surface area (Å²) in [5.74, 6) is 2.15. The third-order valence-corrected chi connectivity index (χ3v) is 5.53. The first-order valence-corrected chi connectivity index (χ1v) is 8.44. The Kier molecular flexibility index (Phi) is 4.32. The summed E-state index contributed by atoms with van der Waals surface area (Å²) in [5, 5.41) is 1.08. The second-order valence-electron chi connectivity index (χ2n) is 6.13. The number of rotatable bonds is 3. The summed E-state index contributed by atoms with van der Waals surface area (Å²) in [5.41, 5.74) is 7.90. The molecule has 0 spiro atoms. The largest absolute Gasteiger partial charge is 0.369 e. The van der Waals surface area contributed by atoms with Crippen molar-refractivity contribution < 1.29 is 0 Å². The summed E-state index contributed by atoms with van der Waals surface area (Å²) < 4.78 is 2.09. The molecule has 1 fully saturated rings. The third-order valence-electron chi connectivity index (χ3n) is 4.80. The average Bonchev–Trinajstić information content (AvgIpc) is 2.76. The van der Waals surface area contributed by atoms with Gasteiger partial charge in [-0.1, -0.05) is 49.4 Å². The van der Waals surface area contributed by atoms with Gasteiger partial charge in [0.1, 0.15) is 0 Å². The zero-order valence-corrected chi connectivity index (χ0v) is 13.8. The van der Waals surface area contributed by atoms with E-state index in [4.69, 9.17) is 28.9 Å². The minimum atomic E-state index is 0.525. The predicted molar refractivity (Wildman–Crippen MR) is 89.9 cm³/mol. The van der Waals surface area contributed by atoms with Gasteiger partial charge in [0.25, 0.3) is 0 Å². The smallest absolute Gasteiger partial charge is 0.201 e. The molecule has 0 atom stereocenters. The lowest BCUT2D eigenvalue weighted by Gasteiger charge is -2.28. The lowest BCUT2D eigenvalue weighted by molar-refractivity contribution is 0.250. The van der Waals surface area contributed by atoms with Crippen LogP contribution in [0, 0.1) is 11.8 Å². The molecule has 0 saturated heterocycles. The van der Waals surface area contributed by atoms with E-state index in [1.54, 1.807) is 6.07 Å². The van der Waals surface area contributed by atoms with Gasteiger partial charge in [0.2, 0.25) is 5.95 Å². The second-order valence-corrected chi connectivity index (χ2v) is 6.95. The molecule has 0 radical (unpaired) electrons. The van der Waals surface area contributed by atoms with Crippen molar-refractivity contribution in [1.82, 2.24) is 9.55 Å². The van der Waals surface area contributed by atoms with Gasteiger partial charge >= 0.3 is 0 Å². The van der Waals surface area contributed by atoms with E-state index in [0.29, 0.717) is 21.9 Å². The molecule has 3 nitrogen and oxygen atoms in total. The van der Waals surface area contributed by atoms with Gasteiger partial charge in [-0.25, -0.2) is 4.98 Å². The van der Waals surface area contributed by atoms with E-state index in [0.717, 1.165) is 23.5 Å². The average molecular weight is 326 g/mol. The van der Waals surface area contributed by atoms with Crippen LogP contribution in [0.3, 0.4) is 0 Å². The summed E-state index contributed by atoms with van der Waals surface area (Å²) in [4.78, 5) is 4.41. The molecule has 114 valence electrons. The van der Waals surface area contributed by atoms with Gasteiger partial charge in [0, 0.05) is 6.54 Å². The van der Waals surface area contributed by atoms with Crippen molar-refractivity contribution in [2.24, 2.45) is 11.8 Å². The highest BCUT2D eigenvalue weighted by molar-refractivity contribution is 6.42. The number of anilines is 1. The Balaban J connectivity index is 1.84. The molecular formula is C16H21Cl2N3. The molecule has 1 saturated carbocycles. The first-order chi connectivity index (χ1) is 10.1. The summed E-state index contributed by atoms with van der Waals surface area (Å²) in [6.07, 6.45) is 6.52. The van der Waals surface area contributed by atoms with Gasteiger partial charge in [0.05, 0.1) is 21.1 Å². The lowest BCUT2D eigenvalue weighted by Crippen LogP contribution is -2.19. The van der Waals surface area contributed by atoms with Crippen LogP contribution in [0.1, 0.15) is 39.0 Å². The van der Waals surface area contributed by atoms with Crippen LogP contribution in [0.15, 0.2) is 12.1 Å². The van der Waals surface area contributed by atoms with Crippen LogP contribution in [-0.2, 0) is 6.54 Å². The molecule has 0 aliphatic heterocycles. The normalized spacial score (nSPS) is 22.8. The maximum atomic E-state index is 6.14. The first kappa shape index (κ1) is 15.0. The van der Waals surface area contributed by atoms with E-state index < -0.39 is 0 Å². The number of hydrogen-bond acceptors (Lipinski definition) is 2. The van der Waals surface area contributed by atoms with E-state index in [1.807, 2.05) is 6.07 Å². The van der Waals surface area contributed by atoms with Crippen molar-refractivity contribution >= 4 is 40.2 Å². The minimum absolute atomic E-state index is 0.525. The molecule has 3 rings (SSSR count). The number of nitrogens with two attached hydrogens (primary N) is 1. The topological polar surface area (TPSA) is 43.8 Å². The number of nitrogens with zero attached hydrogens (tertiary/aromatic N) is 2. The van der Waals surface area contributed by atoms with Gasteiger partial charge < -0.3 is 10.3 Å². The second kappa shape index (κ2) is 6.05. The standard InChI is InChI=1S/C16H21Cl2N3/c1-2-10-3-5-11(6-4-10)9-21-15-8-13(18)12(17)7-14(15)20-16(21)19/h7-8,10-11H,2-6,9H2,1H3,(H2,19,20). The molecular weight excluding hydrogens is 305 g/mol. The number of aromatic nitrogens is 2. The Bertz CT molecular complexity index is 642. The molecule has 0 amide bonds. The van der Waals surface area contributed by atoms with Crippen molar-refractivity contribution in [3.63, 3.8) is 0 Å². The molecule has 5 heteroatoms. The molecule has 1 aromatic heterocycles. The fraction of sp³-hybridized carbons (Fsp3) is 0.562. The number of fused-ring (bicyclic) bond motifs is 1. The Morgan fingerprint density at radius 3 is 2.43 bits per heavy atom. The van der Waals surface area contributed by atoms with Gasteiger partial charge in [-0.3, -0.25) is 0 Å². The highest BCUT2D eigenvalue weighted by Gasteiger charge is 2.22. The minimum Gasteiger partial charge on any atom is -0.369 e. The monoisotopic (exact) mass is 325 g/mol. The zero-order chi connectivity index (χ0) is 15.0. The molecule has 1 aromatic carbocycles. The molecule has 0 unspecified atom stereocenters. The lowest BCUT2D eigenvalue weighted by atomic mass is 9.81. The first-order valence-electron chi connectivity index (χ1n) is 7.69. The van der Waals surface area contributed by atoms with E-state index in [9.17, 15) is 0 Å². The maximum absolute atomic E-state index is 6.14. The molecule has 0 bridgehead atoms. The number of imidazole rings is 1. The van der Waals surface area contributed by atoms with Gasteiger partial charge in [-0.05, 0) is 36.8 Å². The summed E-state index contributed by atoms with van der Waals surface area (Å²) in [6.45, 7) is 3.22. The molecule has 1 heterocycles. The van der Waals surface area contributed by atoms with E-state index in [2.05, 4.69) is 16.5 Å². The van der Waals surface area contributed by atoms with Crippen LogP contribution in [0.4, 0.5) is 5.95 Å². The van der Waals surface area contributed by atoms with Crippen LogP contribution < -0.4 is 5.73 Å². The quantitative estimate of drug-likeness (QED) is 0.848. The Morgan fingerprint density at radius 1 is 1.14 bits per heavy atom. The van der Waals surface area contributed by atoms with Gasteiger partial charge in [0.15, 0.2) is 0 Å². The summed E-state index contributed by atoms with van der Waals surface area (Å²) in [7, 11) is 0. The Morgan fingerprint density at radius 2 is 1.76 bits per heavy atom. The predicted octanol–water partition coefficient (Wildman–Crippen LogP) is 5.14. The van der Waals surface area contributed by atoms with Crippen molar-refractivity contribution in [2.75, 3.05) is 5.73 Å². The molecule has 21 heavy (non-hydrogen) atoms. The Labute approximate surface area is 135 Å². The number of nitrogen functional groups attached to an aromatic ring is 1. The molecule has 1 aliphatic rings. The van der Waals surface area contributed by atoms with E-state index in [-0.39, 0.29) is 0 Å². The van der Waals surface area contributed by atoms with Crippen LogP contribution in [-0.4, -0.2) is 9.55 Å². The highest BCUT2D eigenvalue weighted by Crippen LogP contribution is 2.34. The molecule has 2 N–H and O–H groups in total. The zero-order valence-electron chi connectivity index (χ0n) is 12.3. The van der Waals surface area contributed by atoms with Crippen molar-refractivity contribution in [2.45, 2.75) is 45.6 Å². The van der Waals surface area contributed by atoms with Crippen molar-refractivity contribution in [3.8, 4) is 0 Å². The van der Waals surface area contributed by atoms with Gasteiger partial charge in [-0.2, -0.15) is 0 Å². The fourth-order valence-corrected chi connectivity index (χ4v) is 3.73. The van der Waals surface area contributed by atoms with Crippen molar-refractivity contribution in [3.05, 3.63) is 22.2 Å². The summed E-state index contributed by atoms with van der Waals surface area (Å²) >= 11 is 12.2. The van der Waals surface area contributed by atoms with E-state index >= 15 is 0 Å². The van der Waals surface area contributed by atoms with Crippen LogP contribution in [0.25, 0.3) is 11.0 Å². The number of hydrogen-bond donors (Lipinski definition) is 1. The highest BCUT2D eigenvalue weighted by atomic mass is 35.5. The van der Waals surface area contributed by atoms with Gasteiger partial charge in [-0.15, -0.1) is 0 Å². The molecule has 1 aliphatic carbocycles. The van der Waals surface area contributed by atoms with E-state index in [1.165, 1.54) is 32.1 Å². The SMILES string of the molecule is CCC1CCC(Cn2c(N)nc3cc(Cl)c(Cl)cc32)CC1. The fourth-order valence-electron chi connectivity index (χ4n) is 3.41. The van der Waals surface area contributed by atoms with Crippen LogP contribution >= 0.6 is 23.2 Å². The van der Waals surface area contributed by atoms with Crippen LogP contribution in [0.5, 0.6) is 0 Å². The summed E-state index contributed by atoms with van der Waals surface area (Å²) in [6, 6.07) is 3.67. The van der Waals surface area contributed by atoms with Crippen LogP contribution in [0.2, 0.25) is 10.0 Å². The maximum Gasteiger partial charge on any atom is 0.201 e. The van der Waals surface area contributed by atoms with Crippen molar-refractivity contribution in [1.29, 1.82) is 0 Å². The Hall–Kier alpha value is -0.930. The number of benzene rings is 1.